The second-order valence-corrected chi connectivity index (χ2v) is 6.06. The predicted octanol–water partition coefficient (Wildman–Crippen LogP) is 1.65. The number of nitrogens with zero attached hydrogens (tertiary/aromatic N) is 2. The maximum absolute atomic E-state index is 12.4. The van der Waals surface area contributed by atoms with E-state index in [2.05, 4.69) is 10.3 Å². The zero-order valence-corrected chi connectivity index (χ0v) is 11.4. The van der Waals surface area contributed by atoms with Gasteiger partial charge in [-0.3, -0.25) is 4.79 Å². The molecule has 1 unspecified atom stereocenters. The second-order valence-electron chi connectivity index (χ2n) is 4.47. The molecule has 1 N–H and O–H groups in total. The Bertz CT molecular complexity index is 476. The summed E-state index contributed by atoms with van der Waals surface area (Å²) >= 11 is 7.93. The number of hydrogen-bond acceptors (Lipinski definition) is 4. The third kappa shape index (κ3) is 2.17. The Morgan fingerprint density at radius 3 is 3.00 bits per heavy atom. The summed E-state index contributed by atoms with van der Waals surface area (Å²) in [6.45, 7) is 1.70. The van der Waals surface area contributed by atoms with E-state index in [0.29, 0.717) is 11.6 Å². The minimum Gasteiger partial charge on any atom is -0.371 e. The van der Waals surface area contributed by atoms with E-state index < -0.39 is 0 Å². The van der Waals surface area contributed by atoms with Gasteiger partial charge in [-0.15, -0.1) is 0 Å². The molecular weight excluding hydrogens is 270 g/mol. The Balaban J connectivity index is 1.73. The zero-order valence-electron chi connectivity index (χ0n) is 9.86. The molecule has 1 aromatic rings. The largest absolute Gasteiger partial charge is 0.371 e. The number of fused-ring (bicyclic) bond motifs is 1. The van der Waals surface area contributed by atoms with E-state index in [1.807, 2.05) is 22.7 Å². The monoisotopic (exact) mass is 283 g/mol. The minimum absolute atomic E-state index is 0.176. The molecule has 0 aromatic carbocycles. The van der Waals surface area contributed by atoms with Crippen LogP contribution in [0.15, 0.2) is 12.3 Å². The fraction of sp³-hybridized carbons (Fsp3) is 0.500. The molecule has 1 saturated heterocycles. The molecule has 1 atom stereocenters. The van der Waals surface area contributed by atoms with E-state index in [-0.39, 0.29) is 11.9 Å². The lowest BCUT2D eigenvalue weighted by Gasteiger charge is -2.28. The van der Waals surface area contributed by atoms with E-state index >= 15 is 0 Å². The molecule has 3 rings (SSSR count). The fourth-order valence-corrected chi connectivity index (χ4v) is 3.53. The number of rotatable bonds is 1. The summed E-state index contributed by atoms with van der Waals surface area (Å²) in [7, 11) is 0. The molecule has 6 heteroatoms. The highest BCUT2D eigenvalue weighted by Crippen LogP contribution is 2.31. The highest BCUT2D eigenvalue weighted by atomic mass is 35.5. The van der Waals surface area contributed by atoms with Crippen molar-refractivity contribution in [3.63, 3.8) is 0 Å². The van der Waals surface area contributed by atoms with Crippen molar-refractivity contribution in [1.29, 1.82) is 0 Å². The van der Waals surface area contributed by atoms with Gasteiger partial charge in [-0.25, -0.2) is 4.98 Å². The maximum Gasteiger partial charge on any atom is 0.245 e. The summed E-state index contributed by atoms with van der Waals surface area (Å²) in [5.41, 5.74) is 1.91. The van der Waals surface area contributed by atoms with Crippen LogP contribution in [0, 0.1) is 0 Å². The highest BCUT2D eigenvalue weighted by molar-refractivity contribution is 7.99. The molecule has 3 heterocycles. The number of thioether (sulfide) groups is 1. The summed E-state index contributed by atoms with van der Waals surface area (Å²) in [5, 5.41) is 3.66. The lowest BCUT2D eigenvalue weighted by Crippen LogP contribution is -2.45. The first kappa shape index (κ1) is 12.1. The number of anilines is 1. The molecule has 2 aliphatic heterocycles. The van der Waals surface area contributed by atoms with Gasteiger partial charge in [0.05, 0.1) is 5.69 Å². The first-order chi connectivity index (χ1) is 8.75. The number of hydrogen-bond donors (Lipinski definition) is 1. The van der Waals surface area contributed by atoms with Crippen molar-refractivity contribution in [2.45, 2.75) is 12.5 Å². The Morgan fingerprint density at radius 1 is 1.50 bits per heavy atom. The van der Waals surface area contributed by atoms with Crippen LogP contribution in [0.2, 0.25) is 5.15 Å². The van der Waals surface area contributed by atoms with Crippen LogP contribution < -0.4 is 5.32 Å². The van der Waals surface area contributed by atoms with Crippen molar-refractivity contribution in [3.05, 3.63) is 23.0 Å². The van der Waals surface area contributed by atoms with Crippen molar-refractivity contribution in [3.8, 4) is 0 Å². The summed E-state index contributed by atoms with van der Waals surface area (Å²) in [4.78, 5) is 18.3. The number of carbonyl (C=O) groups is 1. The molecule has 96 valence electrons. The number of amides is 1. The van der Waals surface area contributed by atoms with Crippen LogP contribution >= 0.6 is 23.4 Å². The molecular formula is C12H14ClN3OS. The van der Waals surface area contributed by atoms with Gasteiger partial charge in [0, 0.05) is 37.2 Å². The number of halogens is 1. The topological polar surface area (TPSA) is 45.2 Å². The molecule has 0 saturated carbocycles. The fourth-order valence-electron chi connectivity index (χ4n) is 2.39. The first-order valence-electron chi connectivity index (χ1n) is 6.02. The number of nitrogens with one attached hydrogen (secondary N) is 1. The van der Waals surface area contributed by atoms with Gasteiger partial charge in [0.2, 0.25) is 5.91 Å². The molecule has 1 amide bonds. The van der Waals surface area contributed by atoms with Crippen LogP contribution in [0.3, 0.4) is 0 Å². The first-order valence-corrected chi connectivity index (χ1v) is 7.55. The summed E-state index contributed by atoms with van der Waals surface area (Å²) < 4.78 is 0. The molecule has 0 bridgehead atoms. The van der Waals surface area contributed by atoms with Gasteiger partial charge in [0.25, 0.3) is 0 Å². The summed E-state index contributed by atoms with van der Waals surface area (Å²) in [5.74, 6) is 2.25. The minimum atomic E-state index is -0.176. The Hall–Kier alpha value is -0.940. The smallest absolute Gasteiger partial charge is 0.245 e. The summed E-state index contributed by atoms with van der Waals surface area (Å²) in [6.07, 6.45) is 2.40. The van der Waals surface area contributed by atoms with Crippen LogP contribution in [0.25, 0.3) is 0 Å². The van der Waals surface area contributed by atoms with Crippen molar-refractivity contribution >= 4 is 35.0 Å². The van der Waals surface area contributed by atoms with Crippen molar-refractivity contribution < 1.29 is 4.79 Å². The quantitative estimate of drug-likeness (QED) is 0.796. The molecule has 18 heavy (non-hydrogen) atoms. The van der Waals surface area contributed by atoms with E-state index in [1.54, 1.807) is 6.20 Å². The van der Waals surface area contributed by atoms with E-state index in [9.17, 15) is 4.79 Å². The van der Waals surface area contributed by atoms with Crippen molar-refractivity contribution in [2.75, 3.05) is 29.9 Å². The Kier molecular flexibility index (Phi) is 3.35. The normalized spacial score (nSPS) is 22.5. The number of aromatic nitrogens is 1. The van der Waals surface area contributed by atoms with Gasteiger partial charge in [-0.1, -0.05) is 11.6 Å². The Labute approximate surface area is 115 Å². The molecule has 2 aliphatic rings. The van der Waals surface area contributed by atoms with Crippen LogP contribution in [0.1, 0.15) is 5.56 Å². The third-order valence-corrected chi connectivity index (χ3v) is 4.58. The SMILES string of the molecule is O=C(C1Cc2ccnc(Cl)c2N1)N1CCSCC1. The molecule has 1 fully saturated rings. The van der Waals surface area contributed by atoms with Crippen LogP contribution in [0.4, 0.5) is 5.69 Å². The van der Waals surface area contributed by atoms with Crippen molar-refractivity contribution in [2.24, 2.45) is 0 Å². The van der Waals surface area contributed by atoms with Gasteiger partial charge < -0.3 is 10.2 Å². The lowest BCUT2D eigenvalue weighted by atomic mass is 10.1. The molecule has 0 aliphatic carbocycles. The Morgan fingerprint density at radius 2 is 2.28 bits per heavy atom. The highest BCUT2D eigenvalue weighted by Gasteiger charge is 2.32. The summed E-state index contributed by atoms with van der Waals surface area (Å²) in [6, 6.07) is 1.75. The van der Waals surface area contributed by atoms with Gasteiger partial charge >= 0.3 is 0 Å². The van der Waals surface area contributed by atoms with E-state index in [4.69, 9.17) is 11.6 Å². The molecule has 0 spiro atoms. The number of pyridine rings is 1. The van der Waals surface area contributed by atoms with Gasteiger partial charge in [0.1, 0.15) is 6.04 Å². The van der Waals surface area contributed by atoms with Crippen molar-refractivity contribution in [1.82, 2.24) is 9.88 Å². The standard InChI is InChI=1S/C12H14ClN3OS/c13-11-10-8(1-2-14-11)7-9(15-10)12(17)16-3-5-18-6-4-16/h1-2,9,15H,3-7H2. The van der Waals surface area contributed by atoms with Gasteiger partial charge in [-0.2, -0.15) is 11.8 Å². The molecule has 1 aromatic heterocycles. The average Bonchev–Trinajstić information content (AvgIpc) is 2.84. The van der Waals surface area contributed by atoms with E-state index in [0.717, 1.165) is 35.8 Å². The van der Waals surface area contributed by atoms with Gasteiger partial charge in [-0.05, 0) is 11.6 Å². The third-order valence-electron chi connectivity index (χ3n) is 3.35. The average molecular weight is 284 g/mol. The van der Waals surface area contributed by atoms with Gasteiger partial charge in [0.15, 0.2) is 5.15 Å². The van der Waals surface area contributed by atoms with Crippen LogP contribution in [-0.2, 0) is 11.2 Å². The second kappa shape index (κ2) is 4.97. The van der Waals surface area contributed by atoms with Crippen LogP contribution in [0.5, 0.6) is 0 Å². The molecule has 4 nitrogen and oxygen atoms in total. The van der Waals surface area contributed by atoms with Crippen LogP contribution in [-0.4, -0.2) is 46.4 Å². The van der Waals surface area contributed by atoms with E-state index in [1.165, 1.54) is 0 Å². The zero-order chi connectivity index (χ0) is 12.5. The molecule has 0 radical (unpaired) electrons. The number of carbonyl (C=O) groups excluding carboxylic acids is 1. The maximum atomic E-state index is 12.4. The predicted molar refractivity (Wildman–Crippen MR) is 74.3 cm³/mol. The lowest BCUT2D eigenvalue weighted by molar-refractivity contribution is -0.131.